The zero-order valence-corrected chi connectivity index (χ0v) is 9.61. The first-order chi connectivity index (χ1) is 6.90. The van der Waals surface area contributed by atoms with Gasteiger partial charge in [0.25, 0.3) is 0 Å². The van der Waals surface area contributed by atoms with Crippen LogP contribution < -0.4 is 5.32 Å². The van der Waals surface area contributed by atoms with Gasteiger partial charge in [-0.3, -0.25) is 0 Å². The van der Waals surface area contributed by atoms with E-state index < -0.39 is 0 Å². The first-order valence-electron chi connectivity index (χ1n) is 4.58. The van der Waals surface area contributed by atoms with Crippen LogP contribution in [0.4, 0.5) is 0 Å². The van der Waals surface area contributed by atoms with Crippen LogP contribution in [0.3, 0.4) is 0 Å². The Hall–Kier alpha value is -0.170. The summed E-state index contributed by atoms with van der Waals surface area (Å²) in [4.78, 5) is 4.17. The van der Waals surface area contributed by atoms with Gasteiger partial charge in [0.05, 0.1) is 11.9 Å². The molecule has 2 rings (SSSR count). The Kier molecular flexibility index (Phi) is 3.74. The average Bonchev–Trinajstić information content (AvgIpc) is 2.71. The van der Waals surface area contributed by atoms with Gasteiger partial charge in [-0.05, 0) is 25.0 Å². The summed E-state index contributed by atoms with van der Waals surface area (Å²) >= 11 is 3.21. The number of aromatic nitrogens is 2. The Labute approximate surface area is 91.6 Å². The summed E-state index contributed by atoms with van der Waals surface area (Å²) in [5, 5.41) is 3.78. The molecule has 1 aliphatic heterocycles. The second-order valence-electron chi connectivity index (χ2n) is 3.12. The lowest BCUT2D eigenvalue weighted by Crippen LogP contribution is -2.42. The highest BCUT2D eigenvalue weighted by Crippen LogP contribution is 2.29. The van der Waals surface area contributed by atoms with Gasteiger partial charge in [0, 0.05) is 12.6 Å². The van der Waals surface area contributed by atoms with Crippen LogP contribution >= 0.6 is 23.3 Å². The fraction of sp³-hybridized carbons (Fsp3) is 0.750. The predicted octanol–water partition coefficient (Wildman–Crippen LogP) is 1.01. The molecule has 4 nitrogen and oxygen atoms in total. The van der Waals surface area contributed by atoms with Gasteiger partial charge in [0.2, 0.25) is 0 Å². The summed E-state index contributed by atoms with van der Waals surface area (Å²) in [6, 6.07) is 0.526. The summed E-state index contributed by atoms with van der Waals surface area (Å²) in [5.74, 6) is 0. The van der Waals surface area contributed by atoms with Gasteiger partial charge in [-0.2, -0.15) is 4.37 Å². The molecule has 0 aliphatic carbocycles. The molecule has 1 N–H and O–H groups in total. The van der Waals surface area contributed by atoms with E-state index in [2.05, 4.69) is 14.7 Å². The highest BCUT2D eigenvalue weighted by Gasteiger charge is 2.26. The van der Waals surface area contributed by atoms with Crippen molar-refractivity contribution in [2.45, 2.75) is 22.1 Å². The molecule has 0 spiro atoms. The van der Waals surface area contributed by atoms with E-state index in [-0.39, 0.29) is 0 Å². The second-order valence-corrected chi connectivity index (χ2v) is 5.39. The Morgan fingerprint density at radius 1 is 1.71 bits per heavy atom. The van der Waals surface area contributed by atoms with Crippen molar-refractivity contribution in [3.63, 3.8) is 0 Å². The molecule has 0 aromatic carbocycles. The third-order valence-electron chi connectivity index (χ3n) is 2.27. The highest BCUT2D eigenvalue weighted by molar-refractivity contribution is 8.01. The van der Waals surface area contributed by atoms with Crippen molar-refractivity contribution in [2.24, 2.45) is 0 Å². The van der Waals surface area contributed by atoms with E-state index in [1.54, 1.807) is 18.1 Å². The molecule has 0 saturated carbocycles. The first-order valence-corrected chi connectivity index (χ1v) is 6.24. The third kappa shape index (κ3) is 2.44. The van der Waals surface area contributed by atoms with E-state index in [9.17, 15) is 0 Å². The molecule has 1 fully saturated rings. The SMILES string of the molecule is CNC1CCOCC1Sc1ncns1. The second kappa shape index (κ2) is 5.06. The molecule has 1 aromatic rings. The van der Waals surface area contributed by atoms with Crippen molar-refractivity contribution < 1.29 is 4.74 Å². The minimum Gasteiger partial charge on any atom is -0.380 e. The van der Waals surface area contributed by atoms with Gasteiger partial charge < -0.3 is 10.1 Å². The maximum absolute atomic E-state index is 5.46. The zero-order valence-electron chi connectivity index (χ0n) is 7.97. The molecule has 1 aromatic heterocycles. The van der Waals surface area contributed by atoms with Crippen LogP contribution in [-0.2, 0) is 4.74 Å². The molecule has 14 heavy (non-hydrogen) atoms. The van der Waals surface area contributed by atoms with E-state index in [0.717, 1.165) is 24.0 Å². The number of nitrogens with one attached hydrogen (secondary N) is 1. The van der Waals surface area contributed by atoms with Crippen molar-refractivity contribution in [1.29, 1.82) is 0 Å². The lowest BCUT2D eigenvalue weighted by molar-refractivity contribution is 0.0850. The number of nitrogens with zero attached hydrogens (tertiary/aromatic N) is 2. The highest BCUT2D eigenvalue weighted by atomic mass is 32.2. The molecule has 2 heterocycles. The van der Waals surface area contributed by atoms with Crippen LogP contribution in [0.15, 0.2) is 10.7 Å². The van der Waals surface area contributed by atoms with E-state index in [1.165, 1.54) is 11.5 Å². The van der Waals surface area contributed by atoms with Gasteiger partial charge in [0.1, 0.15) is 6.33 Å². The standard InChI is InChI=1S/C8H13N3OS2/c1-9-6-2-3-12-4-7(6)13-8-10-5-11-14-8/h5-7,9H,2-4H2,1H3. The van der Waals surface area contributed by atoms with E-state index >= 15 is 0 Å². The summed E-state index contributed by atoms with van der Waals surface area (Å²) < 4.78 is 10.5. The van der Waals surface area contributed by atoms with Gasteiger partial charge in [0.15, 0.2) is 4.34 Å². The molecule has 0 bridgehead atoms. The molecule has 78 valence electrons. The Morgan fingerprint density at radius 3 is 3.36 bits per heavy atom. The molecule has 2 unspecified atom stereocenters. The lowest BCUT2D eigenvalue weighted by Gasteiger charge is -2.29. The summed E-state index contributed by atoms with van der Waals surface area (Å²) in [6.07, 6.45) is 2.68. The van der Waals surface area contributed by atoms with Crippen LogP contribution in [0.2, 0.25) is 0 Å². The normalized spacial score (nSPS) is 27.8. The molecule has 1 aliphatic rings. The third-order valence-corrected chi connectivity index (χ3v) is 4.32. The first kappa shape index (κ1) is 10.4. The van der Waals surface area contributed by atoms with Crippen molar-refractivity contribution in [1.82, 2.24) is 14.7 Å². The van der Waals surface area contributed by atoms with Crippen molar-refractivity contribution in [3.8, 4) is 0 Å². The van der Waals surface area contributed by atoms with Crippen molar-refractivity contribution in [3.05, 3.63) is 6.33 Å². The number of hydrogen-bond acceptors (Lipinski definition) is 6. The maximum Gasteiger partial charge on any atom is 0.170 e. The fourth-order valence-corrected chi connectivity index (χ4v) is 3.42. The topological polar surface area (TPSA) is 47.0 Å². The summed E-state index contributed by atoms with van der Waals surface area (Å²) in [7, 11) is 2.00. The zero-order chi connectivity index (χ0) is 9.80. The fourth-order valence-electron chi connectivity index (χ4n) is 1.50. The van der Waals surface area contributed by atoms with E-state index in [0.29, 0.717) is 11.3 Å². The van der Waals surface area contributed by atoms with Crippen LogP contribution in [0.25, 0.3) is 0 Å². The van der Waals surface area contributed by atoms with Crippen LogP contribution in [-0.4, -0.2) is 40.9 Å². The van der Waals surface area contributed by atoms with Crippen molar-refractivity contribution in [2.75, 3.05) is 20.3 Å². The lowest BCUT2D eigenvalue weighted by atomic mass is 10.1. The average molecular weight is 231 g/mol. The summed E-state index contributed by atoms with van der Waals surface area (Å²) in [5.41, 5.74) is 0. The van der Waals surface area contributed by atoms with Crippen LogP contribution in [0.5, 0.6) is 0 Å². The molecular formula is C8H13N3OS2. The number of ether oxygens (including phenoxy) is 1. The molecular weight excluding hydrogens is 218 g/mol. The summed E-state index contributed by atoms with van der Waals surface area (Å²) in [6.45, 7) is 1.66. The Balaban J connectivity index is 1.94. The van der Waals surface area contributed by atoms with Crippen molar-refractivity contribution >= 4 is 23.3 Å². The number of rotatable bonds is 3. The minimum atomic E-state index is 0.460. The monoisotopic (exact) mass is 231 g/mol. The quantitative estimate of drug-likeness (QED) is 0.841. The predicted molar refractivity (Wildman–Crippen MR) is 57.8 cm³/mol. The van der Waals surface area contributed by atoms with E-state index in [4.69, 9.17) is 4.74 Å². The van der Waals surface area contributed by atoms with Crippen LogP contribution in [0, 0.1) is 0 Å². The van der Waals surface area contributed by atoms with Gasteiger partial charge in [-0.25, -0.2) is 4.98 Å². The van der Waals surface area contributed by atoms with E-state index in [1.807, 2.05) is 7.05 Å². The molecule has 0 radical (unpaired) electrons. The van der Waals surface area contributed by atoms with Gasteiger partial charge in [-0.15, -0.1) is 0 Å². The molecule has 1 saturated heterocycles. The Morgan fingerprint density at radius 2 is 2.64 bits per heavy atom. The molecule has 6 heteroatoms. The number of thioether (sulfide) groups is 1. The number of hydrogen-bond donors (Lipinski definition) is 1. The maximum atomic E-state index is 5.46. The Bertz CT molecular complexity index is 268. The molecule has 0 amide bonds. The minimum absolute atomic E-state index is 0.460. The largest absolute Gasteiger partial charge is 0.380 e. The van der Waals surface area contributed by atoms with Crippen LogP contribution in [0.1, 0.15) is 6.42 Å². The smallest absolute Gasteiger partial charge is 0.170 e. The van der Waals surface area contributed by atoms with Gasteiger partial charge in [-0.1, -0.05) is 11.8 Å². The molecule has 2 atom stereocenters. The van der Waals surface area contributed by atoms with Gasteiger partial charge >= 0.3 is 0 Å².